The number of aryl methyl sites for hydroxylation is 2. The third-order valence-corrected chi connectivity index (χ3v) is 3.37. The lowest BCUT2D eigenvalue weighted by Crippen LogP contribution is -2.39. The number of nitrogens with two attached hydrogens (primary N) is 1. The van der Waals surface area contributed by atoms with Crippen molar-refractivity contribution in [3.05, 3.63) is 23.4 Å². The summed E-state index contributed by atoms with van der Waals surface area (Å²) in [4.78, 5) is 15.4. The monoisotopic (exact) mass is 253 g/mol. The Morgan fingerprint density at radius 2 is 2.24 bits per heavy atom. The van der Waals surface area contributed by atoms with E-state index in [1.807, 2.05) is 13.0 Å². The molecule has 0 aliphatic rings. The van der Waals surface area contributed by atoms with Gasteiger partial charge in [-0.25, -0.2) is 4.98 Å². The number of carbonyl (C=O) groups is 1. The molecule has 0 fully saturated rings. The van der Waals surface area contributed by atoms with Crippen LogP contribution in [0.5, 0.6) is 0 Å². The highest BCUT2D eigenvalue weighted by molar-refractivity contribution is 7.99. The van der Waals surface area contributed by atoms with E-state index in [0.29, 0.717) is 6.42 Å². The molecule has 1 amide bonds. The van der Waals surface area contributed by atoms with Gasteiger partial charge in [0.05, 0.1) is 11.1 Å². The number of nitrogens with one attached hydrogen (secondary N) is 1. The standard InChI is InChI=1S/C12H19N3OS/c1-8-6-9(2)15-11(7-8)17-5-4-10(14-3)12(13)16/h6-7,10,14H,4-5H2,1-3H3,(H2,13,16). The Morgan fingerprint density at radius 3 is 2.76 bits per heavy atom. The molecule has 0 aromatic carbocycles. The molecule has 1 atom stereocenters. The van der Waals surface area contributed by atoms with E-state index in [4.69, 9.17) is 5.73 Å². The van der Waals surface area contributed by atoms with E-state index in [2.05, 4.69) is 23.3 Å². The summed E-state index contributed by atoms with van der Waals surface area (Å²) in [6, 6.07) is 3.84. The average Bonchev–Trinajstić information content (AvgIpc) is 2.22. The summed E-state index contributed by atoms with van der Waals surface area (Å²) in [7, 11) is 1.75. The Labute approximate surface area is 106 Å². The molecule has 1 unspecified atom stereocenters. The van der Waals surface area contributed by atoms with Gasteiger partial charge in [-0.1, -0.05) is 0 Å². The second-order valence-corrected chi connectivity index (χ2v) is 5.12. The molecular weight excluding hydrogens is 234 g/mol. The molecule has 0 saturated carbocycles. The van der Waals surface area contributed by atoms with E-state index >= 15 is 0 Å². The number of nitrogens with zero attached hydrogens (tertiary/aromatic N) is 1. The van der Waals surface area contributed by atoms with Gasteiger partial charge >= 0.3 is 0 Å². The predicted molar refractivity (Wildman–Crippen MR) is 71.1 cm³/mol. The number of primary amides is 1. The Kier molecular flexibility index (Phi) is 5.44. The quantitative estimate of drug-likeness (QED) is 0.749. The van der Waals surface area contributed by atoms with Crippen LogP contribution in [0.3, 0.4) is 0 Å². The molecule has 0 aliphatic heterocycles. The van der Waals surface area contributed by atoms with Crippen molar-refractivity contribution in [2.24, 2.45) is 5.73 Å². The van der Waals surface area contributed by atoms with Gasteiger partial charge in [0.25, 0.3) is 0 Å². The molecule has 1 aromatic heterocycles. The number of rotatable bonds is 6. The van der Waals surface area contributed by atoms with Crippen LogP contribution in [0.2, 0.25) is 0 Å². The topological polar surface area (TPSA) is 68.0 Å². The lowest BCUT2D eigenvalue weighted by atomic mass is 10.2. The van der Waals surface area contributed by atoms with Crippen LogP contribution in [-0.4, -0.2) is 29.7 Å². The molecule has 17 heavy (non-hydrogen) atoms. The van der Waals surface area contributed by atoms with Crippen LogP contribution in [0.15, 0.2) is 17.2 Å². The number of carbonyl (C=O) groups excluding carboxylic acids is 1. The number of pyridine rings is 1. The fraction of sp³-hybridized carbons (Fsp3) is 0.500. The first-order valence-corrected chi connectivity index (χ1v) is 6.56. The second kappa shape index (κ2) is 6.61. The van der Waals surface area contributed by atoms with Crippen LogP contribution in [0.25, 0.3) is 0 Å². The molecule has 0 aliphatic carbocycles. The minimum Gasteiger partial charge on any atom is -0.368 e. The predicted octanol–water partition coefficient (Wildman–Crippen LogP) is 1.25. The van der Waals surface area contributed by atoms with Crippen molar-refractivity contribution in [3.8, 4) is 0 Å². The molecule has 3 N–H and O–H groups in total. The summed E-state index contributed by atoms with van der Waals surface area (Å²) in [5, 5.41) is 3.90. The smallest absolute Gasteiger partial charge is 0.234 e. The Hall–Kier alpha value is -1.07. The van der Waals surface area contributed by atoms with Gasteiger partial charge in [0.2, 0.25) is 5.91 Å². The van der Waals surface area contributed by atoms with E-state index in [1.54, 1.807) is 18.8 Å². The minimum absolute atomic E-state index is 0.256. The molecular formula is C12H19N3OS. The van der Waals surface area contributed by atoms with Gasteiger partial charge in [-0.05, 0) is 45.0 Å². The van der Waals surface area contributed by atoms with E-state index < -0.39 is 0 Å². The van der Waals surface area contributed by atoms with Crippen molar-refractivity contribution in [1.82, 2.24) is 10.3 Å². The van der Waals surface area contributed by atoms with Crippen molar-refractivity contribution < 1.29 is 4.79 Å². The highest BCUT2D eigenvalue weighted by atomic mass is 32.2. The minimum atomic E-state index is -0.304. The first-order chi connectivity index (χ1) is 8.02. The summed E-state index contributed by atoms with van der Waals surface area (Å²) in [6.07, 6.45) is 0.713. The van der Waals surface area contributed by atoms with Crippen molar-refractivity contribution in [2.75, 3.05) is 12.8 Å². The molecule has 0 radical (unpaired) electrons. The maximum Gasteiger partial charge on any atom is 0.234 e. The van der Waals surface area contributed by atoms with Gasteiger partial charge in [0.1, 0.15) is 0 Å². The first-order valence-electron chi connectivity index (χ1n) is 5.57. The van der Waals surface area contributed by atoms with E-state index in [9.17, 15) is 4.79 Å². The Balaban J connectivity index is 2.47. The van der Waals surface area contributed by atoms with E-state index in [0.717, 1.165) is 16.5 Å². The zero-order chi connectivity index (χ0) is 12.8. The van der Waals surface area contributed by atoms with Crippen LogP contribution in [-0.2, 0) is 4.79 Å². The lowest BCUT2D eigenvalue weighted by Gasteiger charge is -2.11. The molecule has 5 heteroatoms. The van der Waals surface area contributed by atoms with Crippen LogP contribution in [0, 0.1) is 13.8 Å². The number of likely N-dealkylation sites (N-methyl/N-ethyl adjacent to an activating group) is 1. The maximum absolute atomic E-state index is 11.0. The zero-order valence-electron chi connectivity index (χ0n) is 10.5. The molecule has 1 rings (SSSR count). The molecule has 0 saturated heterocycles. The molecule has 4 nitrogen and oxygen atoms in total. The lowest BCUT2D eigenvalue weighted by molar-refractivity contribution is -0.119. The van der Waals surface area contributed by atoms with Gasteiger partial charge in [-0.3, -0.25) is 4.79 Å². The Morgan fingerprint density at radius 1 is 1.53 bits per heavy atom. The van der Waals surface area contributed by atoms with E-state index in [1.165, 1.54) is 5.56 Å². The molecule has 0 bridgehead atoms. The van der Waals surface area contributed by atoms with Crippen molar-refractivity contribution >= 4 is 17.7 Å². The largest absolute Gasteiger partial charge is 0.368 e. The number of hydrogen-bond donors (Lipinski definition) is 2. The fourth-order valence-electron chi connectivity index (χ4n) is 1.59. The normalized spacial score (nSPS) is 12.4. The Bertz CT molecular complexity index is 375. The summed E-state index contributed by atoms with van der Waals surface area (Å²) in [5.74, 6) is 0.520. The highest BCUT2D eigenvalue weighted by Crippen LogP contribution is 2.18. The highest BCUT2D eigenvalue weighted by Gasteiger charge is 2.12. The van der Waals surface area contributed by atoms with Crippen molar-refractivity contribution in [1.29, 1.82) is 0 Å². The summed E-state index contributed by atoms with van der Waals surface area (Å²) in [6.45, 7) is 4.04. The third-order valence-electron chi connectivity index (χ3n) is 2.42. The second-order valence-electron chi connectivity index (χ2n) is 4.00. The number of hydrogen-bond acceptors (Lipinski definition) is 4. The van der Waals surface area contributed by atoms with Crippen LogP contribution >= 0.6 is 11.8 Å². The van der Waals surface area contributed by atoms with Gasteiger partial charge in [0, 0.05) is 11.4 Å². The van der Waals surface area contributed by atoms with Crippen molar-refractivity contribution in [3.63, 3.8) is 0 Å². The molecule has 94 valence electrons. The van der Waals surface area contributed by atoms with E-state index in [-0.39, 0.29) is 11.9 Å². The number of aromatic nitrogens is 1. The van der Waals surface area contributed by atoms with Crippen LogP contribution < -0.4 is 11.1 Å². The average molecular weight is 253 g/mol. The first kappa shape index (κ1) is 14.0. The van der Waals surface area contributed by atoms with Gasteiger partial charge in [0.15, 0.2) is 0 Å². The van der Waals surface area contributed by atoms with Crippen molar-refractivity contribution in [2.45, 2.75) is 31.3 Å². The number of thioether (sulfide) groups is 1. The SMILES string of the molecule is CNC(CCSc1cc(C)cc(C)n1)C(N)=O. The zero-order valence-corrected chi connectivity index (χ0v) is 11.3. The molecule has 1 aromatic rings. The van der Waals surface area contributed by atoms with Gasteiger partial charge in [-0.15, -0.1) is 11.8 Å². The number of amides is 1. The fourth-order valence-corrected chi connectivity index (χ4v) is 2.63. The van der Waals surface area contributed by atoms with Crippen LogP contribution in [0.1, 0.15) is 17.7 Å². The maximum atomic E-state index is 11.0. The van der Waals surface area contributed by atoms with Gasteiger partial charge in [-0.2, -0.15) is 0 Å². The molecule has 1 heterocycles. The summed E-state index contributed by atoms with van der Waals surface area (Å²) < 4.78 is 0. The van der Waals surface area contributed by atoms with Gasteiger partial charge < -0.3 is 11.1 Å². The summed E-state index contributed by atoms with van der Waals surface area (Å²) >= 11 is 1.65. The summed E-state index contributed by atoms with van der Waals surface area (Å²) in [5.41, 5.74) is 7.48. The van der Waals surface area contributed by atoms with Crippen LogP contribution in [0.4, 0.5) is 0 Å². The third kappa shape index (κ3) is 4.75. The molecule has 0 spiro atoms.